The van der Waals surface area contributed by atoms with Crippen LogP contribution < -0.4 is 0 Å². The molecule has 0 radical (unpaired) electrons. The van der Waals surface area contributed by atoms with E-state index in [1.54, 1.807) is 6.07 Å². The maximum Gasteiger partial charge on any atom is 0.123 e. The van der Waals surface area contributed by atoms with Gasteiger partial charge in [-0.15, -0.1) is 0 Å². The lowest BCUT2D eigenvalue weighted by Crippen LogP contribution is -1.89. The smallest absolute Gasteiger partial charge is 0.123 e. The van der Waals surface area contributed by atoms with Gasteiger partial charge < -0.3 is 0 Å². The molecule has 0 aromatic heterocycles. The van der Waals surface area contributed by atoms with Gasteiger partial charge in [-0.05, 0) is 55.2 Å². The molecule has 0 saturated heterocycles. The van der Waals surface area contributed by atoms with Gasteiger partial charge in [0.1, 0.15) is 5.82 Å². The van der Waals surface area contributed by atoms with Crippen molar-refractivity contribution in [1.29, 1.82) is 0 Å². The second-order valence-electron chi connectivity index (χ2n) is 4.28. The second-order valence-corrected chi connectivity index (χ2v) is 4.28. The predicted molar refractivity (Wildman–Crippen MR) is 66.0 cm³/mol. The minimum atomic E-state index is -0.180. The van der Waals surface area contributed by atoms with Crippen LogP contribution in [0, 0.1) is 26.6 Å². The van der Waals surface area contributed by atoms with Crippen LogP contribution in [0.1, 0.15) is 16.7 Å². The van der Waals surface area contributed by atoms with Gasteiger partial charge in [0.05, 0.1) is 0 Å². The lowest BCUT2D eigenvalue weighted by atomic mass is 9.95. The van der Waals surface area contributed by atoms with E-state index in [-0.39, 0.29) is 5.82 Å². The summed E-state index contributed by atoms with van der Waals surface area (Å²) in [5.41, 5.74) is 5.62. The first kappa shape index (κ1) is 10.9. The van der Waals surface area contributed by atoms with Crippen LogP contribution in [0.15, 0.2) is 36.4 Å². The third-order valence-electron chi connectivity index (χ3n) is 2.87. The van der Waals surface area contributed by atoms with Gasteiger partial charge in [0.15, 0.2) is 0 Å². The zero-order valence-electron chi connectivity index (χ0n) is 9.84. The van der Waals surface area contributed by atoms with Crippen LogP contribution in [0.4, 0.5) is 4.39 Å². The predicted octanol–water partition coefficient (Wildman–Crippen LogP) is 4.42. The minimum Gasteiger partial charge on any atom is -0.207 e. The highest BCUT2D eigenvalue weighted by Gasteiger charge is 2.06. The van der Waals surface area contributed by atoms with Crippen LogP contribution in [-0.4, -0.2) is 0 Å². The minimum absolute atomic E-state index is 0.180. The fraction of sp³-hybridized carbons (Fsp3) is 0.200. The summed E-state index contributed by atoms with van der Waals surface area (Å²) < 4.78 is 13.2. The highest BCUT2D eigenvalue weighted by molar-refractivity contribution is 5.70. The molecule has 16 heavy (non-hydrogen) atoms. The van der Waals surface area contributed by atoms with Gasteiger partial charge in [-0.2, -0.15) is 0 Å². The molecule has 0 amide bonds. The van der Waals surface area contributed by atoms with Gasteiger partial charge in [-0.3, -0.25) is 0 Å². The van der Waals surface area contributed by atoms with E-state index in [9.17, 15) is 4.39 Å². The molecule has 0 heterocycles. The van der Waals surface area contributed by atoms with E-state index in [1.807, 2.05) is 13.0 Å². The number of hydrogen-bond donors (Lipinski definition) is 0. The van der Waals surface area contributed by atoms with Crippen molar-refractivity contribution in [2.75, 3.05) is 0 Å². The zero-order valence-corrected chi connectivity index (χ0v) is 9.84. The Bertz CT molecular complexity index is 527. The zero-order chi connectivity index (χ0) is 11.7. The molecule has 0 saturated carbocycles. The summed E-state index contributed by atoms with van der Waals surface area (Å²) in [6, 6.07) is 11.2. The fourth-order valence-corrected chi connectivity index (χ4v) is 2.00. The lowest BCUT2D eigenvalue weighted by molar-refractivity contribution is 0.628. The first-order valence-electron chi connectivity index (χ1n) is 5.42. The molecule has 0 unspecified atom stereocenters. The summed E-state index contributed by atoms with van der Waals surface area (Å²) >= 11 is 0. The Labute approximate surface area is 95.7 Å². The van der Waals surface area contributed by atoms with Crippen molar-refractivity contribution in [2.45, 2.75) is 20.8 Å². The molecule has 0 spiro atoms. The molecule has 0 aliphatic carbocycles. The van der Waals surface area contributed by atoms with Crippen LogP contribution in [0.2, 0.25) is 0 Å². The van der Waals surface area contributed by atoms with E-state index in [2.05, 4.69) is 32.0 Å². The molecule has 0 fully saturated rings. The molecule has 0 N–H and O–H groups in total. The van der Waals surface area contributed by atoms with E-state index < -0.39 is 0 Å². The first-order chi connectivity index (χ1) is 7.58. The number of hydrogen-bond acceptors (Lipinski definition) is 0. The van der Waals surface area contributed by atoms with Crippen molar-refractivity contribution in [2.24, 2.45) is 0 Å². The van der Waals surface area contributed by atoms with Gasteiger partial charge in [0, 0.05) is 0 Å². The number of halogens is 1. The van der Waals surface area contributed by atoms with Crippen molar-refractivity contribution >= 4 is 0 Å². The third-order valence-corrected chi connectivity index (χ3v) is 2.87. The molecule has 0 aliphatic heterocycles. The SMILES string of the molecule is Cc1ccc(-c2cc(F)ccc2C)c(C)c1. The van der Waals surface area contributed by atoms with Crippen LogP contribution in [0.3, 0.4) is 0 Å². The Kier molecular flexibility index (Phi) is 2.78. The molecular weight excluding hydrogens is 199 g/mol. The molecular formula is C15H15F. The Morgan fingerprint density at radius 1 is 0.750 bits per heavy atom. The number of rotatable bonds is 1. The van der Waals surface area contributed by atoms with Crippen molar-refractivity contribution < 1.29 is 4.39 Å². The third kappa shape index (κ3) is 1.99. The number of aryl methyl sites for hydroxylation is 3. The summed E-state index contributed by atoms with van der Waals surface area (Å²) in [5, 5.41) is 0. The van der Waals surface area contributed by atoms with Crippen LogP contribution in [0.25, 0.3) is 11.1 Å². The lowest BCUT2D eigenvalue weighted by Gasteiger charge is -2.10. The standard InChI is InChI=1S/C15H15F/c1-10-4-7-14(12(3)8-10)15-9-13(16)6-5-11(15)2/h4-9H,1-3H3. The fourth-order valence-electron chi connectivity index (χ4n) is 2.00. The van der Waals surface area contributed by atoms with Crippen LogP contribution in [-0.2, 0) is 0 Å². The highest BCUT2D eigenvalue weighted by atomic mass is 19.1. The van der Waals surface area contributed by atoms with Crippen molar-refractivity contribution in [1.82, 2.24) is 0 Å². The molecule has 0 nitrogen and oxygen atoms in total. The molecule has 0 aliphatic rings. The normalized spacial score (nSPS) is 10.5. The van der Waals surface area contributed by atoms with Gasteiger partial charge in [0.2, 0.25) is 0 Å². The Morgan fingerprint density at radius 2 is 1.50 bits per heavy atom. The molecule has 0 bridgehead atoms. The van der Waals surface area contributed by atoms with Crippen LogP contribution >= 0.6 is 0 Å². The van der Waals surface area contributed by atoms with Gasteiger partial charge in [-0.1, -0.05) is 29.8 Å². The van der Waals surface area contributed by atoms with E-state index >= 15 is 0 Å². The summed E-state index contributed by atoms with van der Waals surface area (Å²) in [7, 11) is 0. The van der Waals surface area contributed by atoms with Crippen LogP contribution in [0.5, 0.6) is 0 Å². The first-order valence-corrected chi connectivity index (χ1v) is 5.42. The summed E-state index contributed by atoms with van der Waals surface area (Å²) in [5.74, 6) is -0.180. The maximum absolute atomic E-state index is 13.2. The topological polar surface area (TPSA) is 0 Å². The molecule has 2 aromatic carbocycles. The summed E-state index contributed by atoms with van der Waals surface area (Å²) in [6.07, 6.45) is 0. The second kappa shape index (κ2) is 4.09. The van der Waals surface area contributed by atoms with Crippen molar-refractivity contribution in [3.8, 4) is 11.1 Å². The monoisotopic (exact) mass is 214 g/mol. The average Bonchev–Trinajstić information content (AvgIpc) is 2.22. The van der Waals surface area contributed by atoms with Gasteiger partial charge in [-0.25, -0.2) is 4.39 Å². The molecule has 2 rings (SSSR count). The van der Waals surface area contributed by atoms with E-state index in [0.717, 1.165) is 16.7 Å². The molecule has 0 atom stereocenters. The highest BCUT2D eigenvalue weighted by Crippen LogP contribution is 2.27. The molecule has 1 heteroatoms. The Hall–Kier alpha value is -1.63. The van der Waals surface area contributed by atoms with Crippen molar-refractivity contribution in [3.63, 3.8) is 0 Å². The van der Waals surface area contributed by atoms with Gasteiger partial charge >= 0.3 is 0 Å². The largest absolute Gasteiger partial charge is 0.207 e. The molecule has 2 aromatic rings. The maximum atomic E-state index is 13.2. The quantitative estimate of drug-likeness (QED) is 0.659. The summed E-state index contributed by atoms with van der Waals surface area (Å²) in [6.45, 7) is 6.13. The van der Waals surface area contributed by atoms with Gasteiger partial charge in [0.25, 0.3) is 0 Å². The molecule has 82 valence electrons. The Morgan fingerprint density at radius 3 is 2.19 bits per heavy atom. The van der Waals surface area contributed by atoms with E-state index in [1.165, 1.54) is 17.2 Å². The van der Waals surface area contributed by atoms with Crippen molar-refractivity contribution in [3.05, 3.63) is 58.9 Å². The number of benzene rings is 2. The van der Waals surface area contributed by atoms with E-state index in [0.29, 0.717) is 0 Å². The summed E-state index contributed by atoms with van der Waals surface area (Å²) in [4.78, 5) is 0. The van der Waals surface area contributed by atoms with E-state index in [4.69, 9.17) is 0 Å². The Balaban J connectivity index is 2.62. The average molecular weight is 214 g/mol.